The van der Waals surface area contributed by atoms with E-state index < -0.39 is 0 Å². The molecule has 0 saturated heterocycles. The molecule has 2 aromatic rings. The number of carbonyl (C=O) groups is 1. The van der Waals surface area contributed by atoms with Crippen molar-refractivity contribution in [1.29, 1.82) is 0 Å². The van der Waals surface area contributed by atoms with Gasteiger partial charge in [-0.15, -0.1) is 0 Å². The molecule has 2 heterocycles. The third-order valence-corrected chi connectivity index (χ3v) is 3.29. The van der Waals surface area contributed by atoms with Crippen LogP contribution in [0.25, 0.3) is 11.4 Å². The van der Waals surface area contributed by atoms with E-state index in [0.29, 0.717) is 45.1 Å². The number of nitrogens with two attached hydrogens (primary N) is 1. The molecule has 19 heavy (non-hydrogen) atoms. The summed E-state index contributed by atoms with van der Waals surface area (Å²) in [5.74, 6) is 1.45. The zero-order chi connectivity index (χ0) is 13.4. The van der Waals surface area contributed by atoms with E-state index in [-0.39, 0.29) is 13.3 Å². The Morgan fingerprint density at radius 3 is 2.89 bits per heavy atom. The zero-order valence-electron chi connectivity index (χ0n) is 9.55. The Morgan fingerprint density at radius 2 is 2.21 bits per heavy atom. The Balaban J connectivity index is 2.19. The normalized spacial score (nSPS) is 12.7. The predicted molar refractivity (Wildman–Crippen MR) is 66.8 cm³/mol. The summed E-state index contributed by atoms with van der Waals surface area (Å²) in [5, 5.41) is 3.82. The quantitative estimate of drug-likeness (QED) is 0.853. The molecule has 0 bridgehead atoms. The standard InChI is InChI=1S/C11H8BrN3O4/c12-7-1-5(11-14-8(2-13)19-15-11)9-10(6(7)3-16)18-4-17-9/h1,3H,2,4,13H2. The van der Waals surface area contributed by atoms with Gasteiger partial charge in [0, 0.05) is 4.47 Å². The van der Waals surface area contributed by atoms with Gasteiger partial charge in [-0.05, 0) is 22.0 Å². The molecular formula is C11H8BrN3O4. The molecule has 0 spiro atoms. The summed E-state index contributed by atoms with van der Waals surface area (Å²) >= 11 is 3.30. The average Bonchev–Trinajstić information content (AvgIpc) is 3.06. The minimum absolute atomic E-state index is 0.0429. The minimum Gasteiger partial charge on any atom is -0.453 e. The van der Waals surface area contributed by atoms with E-state index in [1.165, 1.54) is 0 Å². The second kappa shape index (κ2) is 4.63. The van der Waals surface area contributed by atoms with Crippen molar-refractivity contribution < 1.29 is 18.8 Å². The molecule has 1 aromatic heterocycles. The number of hydrogen-bond donors (Lipinski definition) is 1. The SMILES string of the molecule is NCc1nc(-c2cc(Br)c(C=O)c3c2OCO3)no1. The van der Waals surface area contributed by atoms with Crippen molar-refractivity contribution in [3.8, 4) is 22.9 Å². The van der Waals surface area contributed by atoms with Gasteiger partial charge in [0.25, 0.3) is 0 Å². The average molecular weight is 326 g/mol. The lowest BCUT2D eigenvalue weighted by molar-refractivity contribution is 0.111. The Kier molecular flexibility index (Phi) is 2.96. The van der Waals surface area contributed by atoms with E-state index in [2.05, 4.69) is 26.1 Å². The van der Waals surface area contributed by atoms with Gasteiger partial charge in [-0.25, -0.2) is 0 Å². The monoisotopic (exact) mass is 325 g/mol. The fourth-order valence-corrected chi connectivity index (χ4v) is 2.28. The van der Waals surface area contributed by atoms with Crippen molar-refractivity contribution in [2.24, 2.45) is 5.73 Å². The van der Waals surface area contributed by atoms with Crippen molar-refractivity contribution in [3.63, 3.8) is 0 Å². The fourth-order valence-electron chi connectivity index (χ4n) is 1.78. The summed E-state index contributed by atoms with van der Waals surface area (Å²) in [5.41, 5.74) is 6.39. The first-order chi connectivity index (χ1) is 9.24. The first kappa shape index (κ1) is 12.1. The molecule has 0 unspecified atom stereocenters. The summed E-state index contributed by atoms with van der Waals surface area (Å²) in [6, 6.07) is 1.68. The predicted octanol–water partition coefficient (Wildman–Crippen LogP) is 1.50. The van der Waals surface area contributed by atoms with Gasteiger partial charge in [0.2, 0.25) is 18.5 Å². The van der Waals surface area contributed by atoms with Gasteiger partial charge in [0.05, 0.1) is 17.7 Å². The van der Waals surface area contributed by atoms with Crippen LogP contribution in [0.4, 0.5) is 0 Å². The summed E-state index contributed by atoms with van der Waals surface area (Å²) in [6.45, 7) is 0.196. The lowest BCUT2D eigenvalue weighted by Crippen LogP contribution is -1.96. The lowest BCUT2D eigenvalue weighted by Gasteiger charge is -2.05. The van der Waals surface area contributed by atoms with Gasteiger partial charge in [-0.2, -0.15) is 4.98 Å². The molecule has 98 valence electrons. The molecule has 3 rings (SSSR count). The molecular weight excluding hydrogens is 318 g/mol. The van der Waals surface area contributed by atoms with Crippen molar-refractivity contribution in [3.05, 3.63) is 22.0 Å². The Bertz CT molecular complexity index is 656. The highest BCUT2D eigenvalue weighted by atomic mass is 79.9. The fraction of sp³-hybridized carbons (Fsp3) is 0.182. The van der Waals surface area contributed by atoms with Gasteiger partial charge < -0.3 is 19.7 Å². The van der Waals surface area contributed by atoms with E-state index in [1.54, 1.807) is 6.07 Å². The van der Waals surface area contributed by atoms with Crippen LogP contribution in [-0.4, -0.2) is 23.2 Å². The third-order valence-electron chi connectivity index (χ3n) is 2.63. The van der Waals surface area contributed by atoms with Crippen molar-refractivity contribution in [2.75, 3.05) is 6.79 Å². The van der Waals surface area contributed by atoms with Crippen LogP contribution in [0, 0.1) is 0 Å². The smallest absolute Gasteiger partial charge is 0.240 e. The maximum Gasteiger partial charge on any atom is 0.240 e. The van der Waals surface area contributed by atoms with Gasteiger partial charge in [-0.1, -0.05) is 5.16 Å². The molecule has 0 fully saturated rings. The van der Waals surface area contributed by atoms with Crippen molar-refractivity contribution in [2.45, 2.75) is 6.54 Å². The second-order valence-corrected chi connectivity index (χ2v) is 4.57. The summed E-state index contributed by atoms with van der Waals surface area (Å²) < 4.78 is 16.2. The topological polar surface area (TPSA) is 100 Å². The maximum absolute atomic E-state index is 11.1. The summed E-state index contributed by atoms with van der Waals surface area (Å²) in [4.78, 5) is 15.2. The van der Waals surface area contributed by atoms with E-state index in [1.807, 2.05) is 0 Å². The molecule has 1 aliphatic heterocycles. The van der Waals surface area contributed by atoms with Crippen LogP contribution in [0.3, 0.4) is 0 Å². The number of hydrogen-bond acceptors (Lipinski definition) is 7. The molecule has 0 atom stereocenters. The number of nitrogens with zero attached hydrogens (tertiary/aromatic N) is 2. The highest BCUT2D eigenvalue weighted by molar-refractivity contribution is 9.10. The van der Waals surface area contributed by atoms with Crippen LogP contribution >= 0.6 is 15.9 Å². The number of ether oxygens (including phenoxy) is 2. The number of rotatable bonds is 3. The van der Waals surface area contributed by atoms with Gasteiger partial charge in [-0.3, -0.25) is 4.79 Å². The van der Waals surface area contributed by atoms with Crippen LogP contribution in [0.2, 0.25) is 0 Å². The van der Waals surface area contributed by atoms with Crippen LogP contribution in [-0.2, 0) is 6.54 Å². The number of aromatic nitrogens is 2. The van der Waals surface area contributed by atoms with E-state index in [0.717, 1.165) is 0 Å². The Hall–Kier alpha value is -1.93. The van der Waals surface area contributed by atoms with Crippen molar-refractivity contribution in [1.82, 2.24) is 10.1 Å². The number of carbonyl (C=O) groups excluding carboxylic acids is 1. The molecule has 0 radical (unpaired) electrons. The number of fused-ring (bicyclic) bond motifs is 1. The Morgan fingerprint density at radius 1 is 1.42 bits per heavy atom. The molecule has 0 saturated carbocycles. The minimum atomic E-state index is 0.0429. The molecule has 7 nitrogen and oxygen atoms in total. The van der Waals surface area contributed by atoms with Gasteiger partial charge >= 0.3 is 0 Å². The second-order valence-electron chi connectivity index (χ2n) is 3.72. The number of halogens is 1. The highest BCUT2D eigenvalue weighted by Crippen LogP contribution is 2.45. The van der Waals surface area contributed by atoms with E-state index in [4.69, 9.17) is 19.7 Å². The molecule has 1 aliphatic rings. The Labute approximate surface area is 115 Å². The molecule has 8 heteroatoms. The summed E-state index contributed by atoms with van der Waals surface area (Å²) in [6.07, 6.45) is 0.697. The third kappa shape index (κ3) is 1.89. The lowest BCUT2D eigenvalue weighted by atomic mass is 10.1. The number of aldehydes is 1. The van der Waals surface area contributed by atoms with Gasteiger partial charge in [0.15, 0.2) is 17.8 Å². The van der Waals surface area contributed by atoms with E-state index in [9.17, 15) is 4.79 Å². The van der Waals surface area contributed by atoms with Crippen LogP contribution in [0.1, 0.15) is 16.2 Å². The maximum atomic E-state index is 11.1. The van der Waals surface area contributed by atoms with Crippen LogP contribution in [0.15, 0.2) is 15.1 Å². The number of benzene rings is 1. The summed E-state index contributed by atoms with van der Waals surface area (Å²) in [7, 11) is 0. The molecule has 0 amide bonds. The first-order valence-electron chi connectivity index (χ1n) is 5.35. The molecule has 0 aliphatic carbocycles. The van der Waals surface area contributed by atoms with Crippen LogP contribution < -0.4 is 15.2 Å². The van der Waals surface area contributed by atoms with E-state index >= 15 is 0 Å². The van der Waals surface area contributed by atoms with Gasteiger partial charge in [0.1, 0.15) is 0 Å². The van der Waals surface area contributed by atoms with Crippen molar-refractivity contribution >= 4 is 22.2 Å². The molecule has 2 N–H and O–H groups in total. The zero-order valence-corrected chi connectivity index (χ0v) is 11.1. The largest absolute Gasteiger partial charge is 0.453 e. The molecule has 1 aromatic carbocycles. The first-order valence-corrected chi connectivity index (χ1v) is 6.14. The van der Waals surface area contributed by atoms with Crippen LogP contribution in [0.5, 0.6) is 11.5 Å². The highest BCUT2D eigenvalue weighted by Gasteiger charge is 2.27.